The van der Waals surface area contributed by atoms with Crippen LogP contribution in [-0.2, 0) is 0 Å². The van der Waals surface area contributed by atoms with Crippen molar-refractivity contribution in [2.75, 3.05) is 7.11 Å². The van der Waals surface area contributed by atoms with Crippen molar-refractivity contribution >= 4 is 34.9 Å². The lowest BCUT2D eigenvalue weighted by molar-refractivity contribution is 0.415. The molecule has 0 amide bonds. The van der Waals surface area contributed by atoms with Gasteiger partial charge in [-0.3, -0.25) is 0 Å². The molecule has 1 heterocycles. The first-order valence-electron chi connectivity index (χ1n) is 3.75. The van der Waals surface area contributed by atoms with Crippen molar-refractivity contribution in [3.8, 4) is 5.75 Å². The van der Waals surface area contributed by atoms with E-state index in [1.165, 1.54) is 6.33 Å². The monoisotopic (exact) mass is 230 g/mol. The van der Waals surface area contributed by atoms with Gasteiger partial charge in [-0.15, -0.1) is 12.4 Å². The van der Waals surface area contributed by atoms with Gasteiger partial charge in [0, 0.05) is 11.6 Å². The van der Waals surface area contributed by atoms with E-state index in [-0.39, 0.29) is 12.4 Å². The van der Waals surface area contributed by atoms with E-state index in [0.29, 0.717) is 10.8 Å². The highest BCUT2D eigenvalue weighted by molar-refractivity contribution is 6.36. The Morgan fingerprint density at radius 3 is 2.86 bits per heavy atom. The van der Waals surface area contributed by atoms with Crippen LogP contribution < -0.4 is 4.74 Å². The van der Waals surface area contributed by atoms with E-state index in [0.717, 1.165) is 10.9 Å². The van der Waals surface area contributed by atoms with Gasteiger partial charge in [0.05, 0.1) is 12.6 Å². The summed E-state index contributed by atoms with van der Waals surface area (Å²) in [5, 5.41) is 1.44. The Labute approximate surface area is 92.5 Å². The third kappa shape index (κ3) is 1.74. The molecule has 0 saturated carbocycles. The number of aromatic nitrogens is 2. The molecule has 0 atom stereocenters. The molecule has 0 spiro atoms. The van der Waals surface area contributed by atoms with Crippen LogP contribution in [0, 0.1) is 0 Å². The summed E-state index contributed by atoms with van der Waals surface area (Å²) in [6.45, 7) is 0. The molecule has 3 nitrogen and oxygen atoms in total. The minimum atomic E-state index is 0. The molecule has 5 heteroatoms. The van der Waals surface area contributed by atoms with Gasteiger partial charge in [-0.25, -0.2) is 9.97 Å². The molecule has 0 aliphatic rings. The quantitative estimate of drug-likeness (QED) is 0.756. The first-order valence-corrected chi connectivity index (χ1v) is 4.13. The standard InChI is InChI=1S/C9H7ClN2O.ClH/c1-13-7-3-2-6-4-11-5-12-9(6)8(7)10;/h2-5H,1H3;1H. The molecule has 0 saturated heterocycles. The molecule has 0 N–H and O–H groups in total. The molecule has 0 aliphatic heterocycles. The van der Waals surface area contributed by atoms with Gasteiger partial charge in [0.2, 0.25) is 0 Å². The van der Waals surface area contributed by atoms with E-state index in [1.807, 2.05) is 6.07 Å². The minimum absolute atomic E-state index is 0. The van der Waals surface area contributed by atoms with Gasteiger partial charge in [0.15, 0.2) is 0 Å². The molecule has 14 heavy (non-hydrogen) atoms. The van der Waals surface area contributed by atoms with Crippen molar-refractivity contribution in [1.82, 2.24) is 9.97 Å². The normalized spacial score (nSPS) is 9.57. The van der Waals surface area contributed by atoms with Crippen molar-refractivity contribution in [3.05, 3.63) is 29.7 Å². The van der Waals surface area contributed by atoms with E-state index in [9.17, 15) is 0 Å². The maximum absolute atomic E-state index is 6.03. The van der Waals surface area contributed by atoms with Crippen molar-refractivity contribution in [1.29, 1.82) is 0 Å². The molecule has 0 bridgehead atoms. The second-order valence-electron chi connectivity index (χ2n) is 2.54. The smallest absolute Gasteiger partial charge is 0.139 e. The zero-order chi connectivity index (χ0) is 9.26. The highest BCUT2D eigenvalue weighted by atomic mass is 35.5. The Bertz CT molecular complexity index is 448. The summed E-state index contributed by atoms with van der Waals surface area (Å²) in [5.41, 5.74) is 0.719. The molecule has 0 unspecified atom stereocenters. The topological polar surface area (TPSA) is 35.0 Å². The molecule has 74 valence electrons. The number of methoxy groups -OCH3 is 1. The molecule has 2 aromatic rings. The maximum atomic E-state index is 6.03. The number of ether oxygens (including phenoxy) is 1. The van der Waals surface area contributed by atoms with Gasteiger partial charge >= 0.3 is 0 Å². The maximum Gasteiger partial charge on any atom is 0.139 e. The summed E-state index contributed by atoms with van der Waals surface area (Å²) in [4.78, 5) is 7.97. The summed E-state index contributed by atoms with van der Waals surface area (Å²) in [5.74, 6) is 0.632. The largest absolute Gasteiger partial charge is 0.495 e. The lowest BCUT2D eigenvalue weighted by atomic mass is 10.2. The molecule has 1 aromatic heterocycles. The third-order valence-electron chi connectivity index (χ3n) is 1.80. The Morgan fingerprint density at radius 1 is 1.36 bits per heavy atom. The second-order valence-corrected chi connectivity index (χ2v) is 2.92. The summed E-state index contributed by atoms with van der Waals surface area (Å²) >= 11 is 6.03. The minimum Gasteiger partial charge on any atom is -0.495 e. The Balaban J connectivity index is 0.000000980. The van der Waals surface area contributed by atoms with Crippen LogP contribution in [0.5, 0.6) is 5.75 Å². The SMILES string of the molecule is COc1ccc2cncnc2c1Cl.Cl. The van der Waals surface area contributed by atoms with Crippen molar-refractivity contribution in [2.45, 2.75) is 0 Å². The summed E-state index contributed by atoms with van der Waals surface area (Å²) in [7, 11) is 1.58. The molecular weight excluding hydrogens is 223 g/mol. The van der Waals surface area contributed by atoms with Gasteiger partial charge in [0.25, 0.3) is 0 Å². The van der Waals surface area contributed by atoms with Gasteiger partial charge in [-0.2, -0.15) is 0 Å². The number of halogens is 2. The first kappa shape index (κ1) is 11.0. The van der Waals surface area contributed by atoms with E-state index in [4.69, 9.17) is 16.3 Å². The highest BCUT2D eigenvalue weighted by Gasteiger charge is 2.05. The molecule has 2 rings (SSSR count). The van der Waals surface area contributed by atoms with Crippen LogP contribution in [0.4, 0.5) is 0 Å². The van der Waals surface area contributed by atoms with E-state index in [1.54, 1.807) is 19.4 Å². The zero-order valence-corrected chi connectivity index (χ0v) is 8.97. The average molecular weight is 231 g/mol. The molecule has 0 radical (unpaired) electrons. The Hall–Kier alpha value is -1.06. The fourth-order valence-electron chi connectivity index (χ4n) is 1.16. The zero-order valence-electron chi connectivity index (χ0n) is 7.40. The summed E-state index contributed by atoms with van der Waals surface area (Å²) < 4.78 is 5.06. The fourth-order valence-corrected chi connectivity index (χ4v) is 1.46. The van der Waals surface area contributed by atoms with Crippen LogP contribution in [0.25, 0.3) is 10.9 Å². The van der Waals surface area contributed by atoms with Gasteiger partial charge < -0.3 is 4.74 Å². The Kier molecular flexibility index (Phi) is 3.49. The predicted octanol–water partition coefficient (Wildman–Crippen LogP) is 2.71. The lowest BCUT2D eigenvalue weighted by Crippen LogP contribution is -1.87. The number of hydrogen-bond donors (Lipinski definition) is 0. The molecule has 1 aromatic carbocycles. The number of benzene rings is 1. The molecular formula is C9H8Cl2N2O. The van der Waals surface area contributed by atoms with Crippen molar-refractivity contribution < 1.29 is 4.74 Å². The van der Waals surface area contributed by atoms with Crippen molar-refractivity contribution in [3.63, 3.8) is 0 Å². The summed E-state index contributed by atoms with van der Waals surface area (Å²) in [6, 6.07) is 3.67. The van der Waals surface area contributed by atoms with E-state index in [2.05, 4.69) is 9.97 Å². The van der Waals surface area contributed by atoms with Gasteiger partial charge in [-0.05, 0) is 12.1 Å². The number of nitrogens with zero attached hydrogens (tertiary/aromatic N) is 2. The predicted molar refractivity (Wildman–Crippen MR) is 58.3 cm³/mol. The average Bonchev–Trinajstić information content (AvgIpc) is 2.19. The number of rotatable bonds is 1. The van der Waals surface area contributed by atoms with Crippen LogP contribution in [0.15, 0.2) is 24.7 Å². The van der Waals surface area contributed by atoms with Crippen LogP contribution in [0.3, 0.4) is 0 Å². The fraction of sp³-hybridized carbons (Fsp3) is 0.111. The van der Waals surface area contributed by atoms with Crippen LogP contribution >= 0.6 is 24.0 Å². The van der Waals surface area contributed by atoms with E-state index >= 15 is 0 Å². The first-order chi connectivity index (χ1) is 6.33. The van der Waals surface area contributed by atoms with Crippen LogP contribution in [-0.4, -0.2) is 17.1 Å². The highest BCUT2D eigenvalue weighted by Crippen LogP contribution is 2.30. The second kappa shape index (κ2) is 4.44. The van der Waals surface area contributed by atoms with Crippen LogP contribution in [0.1, 0.15) is 0 Å². The lowest BCUT2D eigenvalue weighted by Gasteiger charge is -2.04. The van der Waals surface area contributed by atoms with Gasteiger partial charge in [0.1, 0.15) is 17.1 Å². The summed E-state index contributed by atoms with van der Waals surface area (Å²) in [6.07, 6.45) is 3.18. The molecule has 0 aliphatic carbocycles. The van der Waals surface area contributed by atoms with Gasteiger partial charge in [-0.1, -0.05) is 11.6 Å². The number of fused-ring (bicyclic) bond motifs is 1. The Morgan fingerprint density at radius 2 is 2.14 bits per heavy atom. The molecule has 0 fully saturated rings. The third-order valence-corrected chi connectivity index (χ3v) is 2.16. The number of hydrogen-bond acceptors (Lipinski definition) is 3. The van der Waals surface area contributed by atoms with Crippen LogP contribution in [0.2, 0.25) is 5.02 Å². The van der Waals surface area contributed by atoms with Crippen molar-refractivity contribution in [2.24, 2.45) is 0 Å². The van der Waals surface area contributed by atoms with E-state index < -0.39 is 0 Å².